The van der Waals surface area contributed by atoms with Crippen LogP contribution in [0.1, 0.15) is 48.5 Å². The fourth-order valence-corrected chi connectivity index (χ4v) is 4.70. The van der Waals surface area contributed by atoms with E-state index in [-0.39, 0.29) is 5.91 Å². The molecule has 3 aromatic rings. The molecule has 180 valence electrons. The number of likely N-dealkylation sites (tertiary alicyclic amines) is 1. The van der Waals surface area contributed by atoms with E-state index in [1.165, 1.54) is 19.5 Å². The number of aromatic nitrogens is 1. The number of hydrogen-bond donors (Lipinski definition) is 1. The highest BCUT2D eigenvalue weighted by atomic mass is 16.5. The van der Waals surface area contributed by atoms with E-state index in [1.54, 1.807) is 0 Å². The van der Waals surface area contributed by atoms with Gasteiger partial charge in [-0.2, -0.15) is 0 Å². The van der Waals surface area contributed by atoms with Crippen molar-refractivity contribution in [1.82, 2.24) is 15.2 Å². The second kappa shape index (κ2) is 11.3. The molecule has 34 heavy (non-hydrogen) atoms. The molecular weight excluding hydrogens is 426 g/mol. The van der Waals surface area contributed by atoms with Crippen molar-refractivity contribution < 1.29 is 13.9 Å². The molecule has 0 saturated carbocycles. The van der Waals surface area contributed by atoms with E-state index in [0.29, 0.717) is 24.6 Å². The van der Waals surface area contributed by atoms with Crippen molar-refractivity contribution in [2.45, 2.75) is 40.2 Å². The molecule has 1 aliphatic rings. The highest BCUT2D eigenvalue weighted by molar-refractivity contribution is 5.94. The number of nitrogens with one attached hydrogen (secondary N) is 1. The topological polar surface area (TPSA) is 67.6 Å². The minimum Gasteiger partial charge on any atom is -0.487 e. The van der Waals surface area contributed by atoms with Crippen molar-refractivity contribution >= 4 is 5.91 Å². The van der Waals surface area contributed by atoms with Gasteiger partial charge < -0.3 is 19.4 Å². The van der Waals surface area contributed by atoms with Crippen molar-refractivity contribution in [3.63, 3.8) is 0 Å². The molecule has 0 radical (unpaired) electrons. The predicted octanol–water partition coefficient (Wildman–Crippen LogP) is 5.33. The van der Waals surface area contributed by atoms with Crippen LogP contribution in [0, 0.1) is 18.8 Å². The molecule has 1 N–H and O–H groups in total. The Hall–Kier alpha value is -3.12. The van der Waals surface area contributed by atoms with Crippen molar-refractivity contribution in [3.05, 3.63) is 71.6 Å². The van der Waals surface area contributed by atoms with Crippen LogP contribution in [0.4, 0.5) is 0 Å². The molecule has 0 aliphatic carbocycles. The summed E-state index contributed by atoms with van der Waals surface area (Å²) in [5.74, 6) is 3.52. The Morgan fingerprint density at radius 2 is 1.79 bits per heavy atom. The maximum absolute atomic E-state index is 12.5. The number of piperidine rings is 1. The minimum atomic E-state index is -0.0486. The Morgan fingerprint density at radius 1 is 1.09 bits per heavy atom. The Bertz CT molecular complexity index is 1050. The number of oxazole rings is 1. The molecule has 4 rings (SSSR count). The van der Waals surface area contributed by atoms with E-state index in [1.807, 2.05) is 61.5 Å². The van der Waals surface area contributed by atoms with Crippen LogP contribution in [0.25, 0.3) is 11.5 Å². The summed E-state index contributed by atoms with van der Waals surface area (Å²) in [5.41, 5.74) is 2.23. The lowest BCUT2D eigenvalue weighted by Crippen LogP contribution is -2.40. The van der Waals surface area contributed by atoms with Crippen LogP contribution in [-0.4, -0.2) is 42.0 Å². The van der Waals surface area contributed by atoms with Gasteiger partial charge in [0.05, 0.1) is 0 Å². The first-order chi connectivity index (χ1) is 16.5. The number of benzene rings is 2. The molecule has 0 unspecified atom stereocenters. The van der Waals surface area contributed by atoms with Crippen molar-refractivity contribution in [3.8, 4) is 17.2 Å². The summed E-state index contributed by atoms with van der Waals surface area (Å²) in [6.07, 6.45) is 2.28. The molecule has 6 nitrogen and oxygen atoms in total. The molecule has 1 amide bonds. The van der Waals surface area contributed by atoms with E-state index >= 15 is 0 Å². The van der Waals surface area contributed by atoms with Gasteiger partial charge >= 0.3 is 0 Å². The molecule has 1 aromatic heterocycles. The Morgan fingerprint density at radius 3 is 2.50 bits per heavy atom. The summed E-state index contributed by atoms with van der Waals surface area (Å²) < 4.78 is 11.6. The third-order valence-electron chi connectivity index (χ3n) is 6.29. The summed E-state index contributed by atoms with van der Waals surface area (Å²) in [5, 5.41) is 3.04. The van der Waals surface area contributed by atoms with Crippen LogP contribution < -0.4 is 10.1 Å². The number of nitrogens with zero attached hydrogens (tertiary/aromatic N) is 2. The van der Waals surface area contributed by atoms with Gasteiger partial charge in [0, 0.05) is 30.8 Å². The smallest absolute Gasteiger partial charge is 0.251 e. The lowest BCUT2D eigenvalue weighted by atomic mass is 9.92. The van der Waals surface area contributed by atoms with E-state index in [4.69, 9.17) is 9.15 Å². The van der Waals surface area contributed by atoms with Gasteiger partial charge in [-0.15, -0.1) is 0 Å². The number of para-hydroxylation sites is 1. The lowest BCUT2D eigenvalue weighted by Gasteiger charge is -2.34. The minimum absolute atomic E-state index is 0.0486. The highest BCUT2D eigenvalue weighted by Crippen LogP contribution is 2.24. The van der Waals surface area contributed by atoms with E-state index in [9.17, 15) is 4.79 Å². The van der Waals surface area contributed by atoms with E-state index < -0.39 is 0 Å². The largest absolute Gasteiger partial charge is 0.487 e. The van der Waals surface area contributed by atoms with Crippen LogP contribution in [0.3, 0.4) is 0 Å². The third-order valence-corrected chi connectivity index (χ3v) is 6.29. The zero-order valence-electron chi connectivity index (χ0n) is 20.4. The van der Waals surface area contributed by atoms with Gasteiger partial charge in [-0.3, -0.25) is 4.79 Å². The van der Waals surface area contributed by atoms with Crippen LogP contribution >= 0.6 is 0 Å². The SMILES string of the molecule is Cc1oc(-c2ccc(C(=O)NCCCN3C[C@@H](C)C[C@H](C)C3)cc2)nc1COc1ccccc1. The summed E-state index contributed by atoms with van der Waals surface area (Å²) in [4.78, 5) is 19.7. The quantitative estimate of drug-likeness (QED) is 0.437. The molecule has 1 aliphatic heterocycles. The van der Waals surface area contributed by atoms with Crippen LogP contribution in [0.2, 0.25) is 0 Å². The molecule has 2 atom stereocenters. The predicted molar refractivity (Wildman–Crippen MR) is 134 cm³/mol. The summed E-state index contributed by atoms with van der Waals surface area (Å²) in [6.45, 7) is 10.9. The molecule has 2 heterocycles. The monoisotopic (exact) mass is 461 g/mol. The Labute approximate surface area is 202 Å². The molecule has 1 fully saturated rings. The van der Waals surface area contributed by atoms with Gasteiger partial charge in [0.2, 0.25) is 5.89 Å². The van der Waals surface area contributed by atoms with Crippen LogP contribution in [-0.2, 0) is 6.61 Å². The maximum Gasteiger partial charge on any atom is 0.251 e. The van der Waals surface area contributed by atoms with Gasteiger partial charge in [0.15, 0.2) is 0 Å². The van der Waals surface area contributed by atoms with Crippen molar-refractivity contribution in [2.24, 2.45) is 11.8 Å². The molecule has 0 spiro atoms. The maximum atomic E-state index is 12.5. The average Bonchev–Trinajstić information content (AvgIpc) is 3.21. The van der Waals surface area contributed by atoms with Crippen molar-refractivity contribution in [2.75, 3.05) is 26.2 Å². The number of carbonyl (C=O) groups is 1. The highest BCUT2D eigenvalue weighted by Gasteiger charge is 2.21. The average molecular weight is 462 g/mol. The summed E-state index contributed by atoms with van der Waals surface area (Å²) >= 11 is 0. The number of carbonyl (C=O) groups excluding carboxylic acids is 1. The first kappa shape index (κ1) is 24.0. The van der Waals surface area contributed by atoms with Gasteiger partial charge in [0.25, 0.3) is 5.91 Å². The van der Waals surface area contributed by atoms with E-state index in [2.05, 4.69) is 29.0 Å². The number of hydrogen-bond acceptors (Lipinski definition) is 5. The zero-order chi connectivity index (χ0) is 23.9. The van der Waals surface area contributed by atoms with Gasteiger partial charge in [-0.05, 0) is 74.5 Å². The summed E-state index contributed by atoms with van der Waals surface area (Å²) in [6, 6.07) is 17.0. The fourth-order valence-electron chi connectivity index (χ4n) is 4.70. The Kier molecular flexibility index (Phi) is 8.01. The number of amides is 1. The summed E-state index contributed by atoms with van der Waals surface area (Å²) in [7, 11) is 0. The number of ether oxygens (including phenoxy) is 1. The second-order valence-corrected chi connectivity index (χ2v) is 9.52. The number of rotatable bonds is 9. The van der Waals surface area contributed by atoms with Crippen molar-refractivity contribution in [1.29, 1.82) is 0 Å². The lowest BCUT2D eigenvalue weighted by molar-refractivity contribution is 0.0947. The fraction of sp³-hybridized carbons (Fsp3) is 0.429. The second-order valence-electron chi connectivity index (χ2n) is 9.52. The van der Waals surface area contributed by atoms with Crippen LogP contribution in [0.15, 0.2) is 59.0 Å². The van der Waals surface area contributed by atoms with E-state index in [0.717, 1.165) is 47.6 Å². The van der Waals surface area contributed by atoms with Gasteiger partial charge in [-0.1, -0.05) is 32.0 Å². The first-order valence-corrected chi connectivity index (χ1v) is 12.2. The standard InChI is InChI=1S/C28H35N3O3/c1-20-16-21(2)18-31(17-20)15-7-14-29-27(32)23-10-12-24(13-11-23)28-30-26(22(3)34-28)19-33-25-8-5-4-6-9-25/h4-6,8-13,20-21H,7,14-19H2,1-3H3,(H,29,32)/t20-,21-/m0/s1. The molecule has 2 aromatic carbocycles. The van der Waals surface area contributed by atoms with Gasteiger partial charge in [-0.25, -0.2) is 4.98 Å². The third kappa shape index (κ3) is 6.48. The Balaban J connectivity index is 1.26. The molecule has 1 saturated heterocycles. The number of aryl methyl sites for hydroxylation is 1. The molecule has 0 bridgehead atoms. The zero-order valence-corrected chi connectivity index (χ0v) is 20.4. The molecular formula is C28H35N3O3. The van der Waals surface area contributed by atoms with Gasteiger partial charge in [0.1, 0.15) is 23.8 Å². The first-order valence-electron chi connectivity index (χ1n) is 12.2. The molecule has 6 heteroatoms. The van der Waals surface area contributed by atoms with Crippen LogP contribution in [0.5, 0.6) is 5.75 Å². The normalized spacial score (nSPS) is 18.6.